The van der Waals surface area contributed by atoms with Gasteiger partial charge in [0, 0.05) is 36.2 Å². The van der Waals surface area contributed by atoms with Crippen LogP contribution in [0.3, 0.4) is 0 Å². The summed E-state index contributed by atoms with van der Waals surface area (Å²) in [5.41, 5.74) is 4.01. The van der Waals surface area contributed by atoms with Gasteiger partial charge in [-0.1, -0.05) is 24.3 Å². The molecule has 0 fully saturated rings. The highest BCUT2D eigenvalue weighted by molar-refractivity contribution is 5.94. The van der Waals surface area contributed by atoms with Crippen LogP contribution in [0.1, 0.15) is 5.56 Å². The number of rotatable bonds is 1. The van der Waals surface area contributed by atoms with Crippen LogP contribution in [-0.4, -0.2) is 28.9 Å². The zero-order chi connectivity index (χ0) is 12.1. The first-order chi connectivity index (χ1) is 8.86. The van der Waals surface area contributed by atoms with Crippen molar-refractivity contribution in [1.82, 2.24) is 9.88 Å². The lowest BCUT2D eigenvalue weighted by Gasteiger charge is -2.34. The largest absolute Gasteiger partial charge is 0.396 e. The Morgan fingerprint density at radius 1 is 1.33 bits per heavy atom. The SMILES string of the molecule is OCC1C=C2c3cccc4ccn(c34)CC2NC1. The van der Waals surface area contributed by atoms with Crippen LogP contribution in [-0.2, 0) is 6.54 Å². The normalized spacial score (nSPS) is 25.9. The summed E-state index contributed by atoms with van der Waals surface area (Å²) in [7, 11) is 0. The number of hydrogen-bond acceptors (Lipinski definition) is 2. The fourth-order valence-corrected chi connectivity index (χ4v) is 3.23. The molecule has 2 aliphatic rings. The smallest absolute Gasteiger partial charge is 0.0557 e. The third-order valence-corrected chi connectivity index (χ3v) is 4.13. The van der Waals surface area contributed by atoms with Crippen molar-refractivity contribution in [3.05, 3.63) is 42.1 Å². The van der Waals surface area contributed by atoms with Gasteiger partial charge in [0.25, 0.3) is 0 Å². The topological polar surface area (TPSA) is 37.2 Å². The van der Waals surface area contributed by atoms with Crippen LogP contribution < -0.4 is 5.32 Å². The summed E-state index contributed by atoms with van der Waals surface area (Å²) in [6.45, 7) is 2.09. The highest BCUT2D eigenvalue weighted by Crippen LogP contribution is 2.35. The second kappa shape index (κ2) is 3.70. The minimum Gasteiger partial charge on any atom is -0.396 e. The van der Waals surface area contributed by atoms with Gasteiger partial charge >= 0.3 is 0 Å². The maximum Gasteiger partial charge on any atom is 0.0557 e. The molecule has 92 valence electrons. The Morgan fingerprint density at radius 3 is 3.17 bits per heavy atom. The Bertz CT molecular complexity index is 641. The van der Waals surface area contributed by atoms with Gasteiger partial charge in [0.15, 0.2) is 0 Å². The van der Waals surface area contributed by atoms with Gasteiger partial charge in [-0.05, 0) is 11.6 Å². The number of para-hydroxylation sites is 1. The summed E-state index contributed by atoms with van der Waals surface area (Å²) in [6.07, 6.45) is 4.43. The van der Waals surface area contributed by atoms with Crippen LogP contribution in [0.4, 0.5) is 0 Å². The van der Waals surface area contributed by atoms with E-state index in [9.17, 15) is 5.11 Å². The molecule has 3 heterocycles. The zero-order valence-corrected chi connectivity index (χ0v) is 10.1. The summed E-state index contributed by atoms with van der Waals surface area (Å²) >= 11 is 0. The molecule has 3 nitrogen and oxygen atoms in total. The molecule has 18 heavy (non-hydrogen) atoms. The molecule has 0 aliphatic carbocycles. The molecule has 2 unspecified atom stereocenters. The fourth-order valence-electron chi connectivity index (χ4n) is 3.23. The van der Waals surface area contributed by atoms with Crippen LogP contribution in [0.25, 0.3) is 16.5 Å². The van der Waals surface area contributed by atoms with Crippen LogP contribution >= 0.6 is 0 Å². The van der Waals surface area contributed by atoms with E-state index in [1.807, 2.05) is 0 Å². The number of aliphatic hydroxyl groups is 1. The van der Waals surface area contributed by atoms with Crippen molar-refractivity contribution in [2.75, 3.05) is 13.2 Å². The molecule has 3 heteroatoms. The molecule has 2 atom stereocenters. The van der Waals surface area contributed by atoms with Crippen molar-refractivity contribution in [2.24, 2.45) is 5.92 Å². The molecule has 0 saturated carbocycles. The standard InChI is InChI=1S/C15H16N2O/c18-9-10-6-13-12-3-1-2-11-4-5-17(15(11)12)8-14(13)16-7-10/h1-6,10,14,16,18H,7-9H2. The number of aromatic nitrogens is 1. The maximum absolute atomic E-state index is 9.34. The molecule has 0 saturated heterocycles. The Morgan fingerprint density at radius 2 is 2.28 bits per heavy atom. The Hall–Kier alpha value is -1.58. The first-order valence-electron chi connectivity index (χ1n) is 6.51. The predicted octanol–water partition coefficient (Wildman–Crippen LogP) is 1.62. The third kappa shape index (κ3) is 1.32. The van der Waals surface area contributed by atoms with Crippen LogP contribution in [0, 0.1) is 5.92 Å². The van der Waals surface area contributed by atoms with Gasteiger partial charge in [0.2, 0.25) is 0 Å². The van der Waals surface area contributed by atoms with Gasteiger partial charge in [-0.15, -0.1) is 0 Å². The van der Waals surface area contributed by atoms with E-state index < -0.39 is 0 Å². The minimum absolute atomic E-state index is 0.222. The molecular weight excluding hydrogens is 224 g/mol. The summed E-state index contributed by atoms with van der Waals surface area (Å²) < 4.78 is 2.33. The Labute approximate surface area is 106 Å². The summed E-state index contributed by atoms with van der Waals surface area (Å²) in [5.74, 6) is 0.244. The molecule has 0 amide bonds. The van der Waals surface area contributed by atoms with Crippen LogP contribution in [0.15, 0.2) is 36.5 Å². The average molecular weight is 240 g/mol. The van der Waals surface area contributed by atoms with Crippen molar-refractivity contribution in [3.63, 3.8) is 0 Å². The third-order valence-electron chi connectivity index (χ3n) is 4.13. The summed E-state index contributed by atoms with van der Waals surface area (Å²) in [6, 6.07) is 9.04. The van der Waals surface area contributed by atoms with E-state index in [4.69, 9.17) is 0 Å². The maximum atomic E-state index is 9.34. The number of nitrogens with one attached hydrogen (secondary N) is 1. The molecule has 2 aromatic rings. The van der Waals surface area contributed by atoms with Crippen molar-refractivity contribution < 1.29 is 5.11 Å². The highest BCUT2D eigenvalue weighted by Gasteiger charge is 2.28. The first-order valence-corrected chi connectivity index (χ1v) is 6.51. The molecule has 0 bridgehead atoms. The quantitative estimate of drug-likeness (QED) is 0.794. The second-order valence-electron chi connectivity index (χ2n) is 5.24. The lowest BCUT2D eigenvalue weighted by molar-refractivity contribution is 0.242. The van der Waals surface area contributed by atoms with E-state index in [1.54, 1.807) is 0 Å². The number of fused-ring (bicyclic) bond motifs is 2. The molecule has 0 radical (unpaired) electrons. The van der Waals surface area contributed by atoms with Gasteiger partial charge in [-0.3, -0.25) is 0 Å². The lowest BCUT2D eigenvalue weighted by Crippen LogP contribution is -2.43. The highest BCUT2D eigenvalue weighted by atomic mass is 16.3. The number of benzene rings is 1. The molecule has 2 N–H and O–H groups in total. The van der Waals surface area contributed by atoms with Gasteiger partial charge in [-0.25, -0.2) is 0 Å². The Balaban J connectivity index is 1.97. The van der Waals surface area contributed by atoms with E-state index >= 15 is 0 Å². The average Bonchev–Trinajstić information content (AvgIpc) is 2.83. The molecule has 0 spiro atoms. The van der Waals surface area contributed by atoms with Gasteiger partial charge < -0.3 is 15.0 Å². The van der Waals surface area contributed by atoms with Gasteiger partial charge in [0.1, 0.15) is 0 Å². The molecule has 4 rings (SSSR count). The van der Waals surface area contributed by atoms with E-state index in [2.05, 4.69) is 46.4 Å². The molecule has 1 aromatic carbocycles. The monoisotopic (exact) mass is 240 g/mol. The second-order valence-corrected chi connectivity index (χ2v) is 5.24. The van der Waals surface area contributed by atoms with Gasteiger partial charge in [0.05, 0.1) is 18.2 Å². The summed E-state index contributed by atoms with van der Waals surface area (Å²) in [4.78, 5) is 0. The fraction of sp³-hybridized carbons (Fsp3) is 0.333. The molecular formula is C15H16N2O. The lowest BCUT2D eigenvalue weighted by atomic mass is 9.87. The number of hydrogen-bond donors (Lipinski definition) is 2. The van der Waals surface area contributed by atoms with E-state index in [1.165, 1.54) is 22.0 Å². The van der Waals surface area contributed by atoms with E-state index in [-0.39, 0.29) is 12.5 Å². The predicted molar refractivity (Wildman–Crippen MR) is 72.3 cm³/mol. The first kappa shape index (κ1) is 10.4. The van der Waals surface area contributed by atoms with Crippen molar-refractivity contribution in [2.45, 2.75) is 12.6 Å². The number of nitrogens with zero attached hydrogens (tertiary/aromatic N) is 1. The van der Waals surface area contributed by atoms with Crippen molar-refractivity contribution in [3.8, 4) is 0 Å². The van der Waals surface area contributed by atoms with E-state index in [0.717, 1.165) is 13.1 Å². The van der Waals surface area contributed by atoms with Crippen LogP contribution in [0.5, 0.6) is 0 Å². The number of aliphatic hydroxyl groups excluding tert-OH is 1. The van der Waals surface area contributed by atoms with Crippen LogP contribution in [0.2, 0.25) is 0 Å². The van der Waals surface area contributed by atoms with E-state index in [0.29, 0.717) is 6.04 Å². The van der Waals surface area contributed by atoms with Crippen molar-refractivity contribution in [1.29, 1.82) is 0 Å². The summed E-state index contributed by atoms with van der Waals surface area (Å²) in [5, 5.41) is 14.2. The Kier molecular flexibility index (Phi) is 2.13. The van der Waals surface area contributed by atoms with Gasteiger partial charge in [-0.2, -0.15) is 0 Å². The zero-order valence-electron chi connectivity index (χ0n) is 10.1. The molecule has 1 aromatic heterocycles. The molecule has 2 aliphatic heterocycles. The minimum atomic E-state index is 0.222. The van der Waals surface area contributed by atoms with Crippen molar-refractivity contribution >= 4 is 16.5 Å².